The highest BCUT2D eigenvalue weighted by molar-refractivity contribution is 9.10. The van der Waals surface area contributed by atoms with Crippen LogP contribution in [0.3, 0.4) is 0 Å². The summed E-state index contributed by atoms with van der Waals surface area (Å²) < 4.78 is 32.6. The molecule has 0 aliphatic carbocycles. The Hall–Kier alpha value is -1.46. The predicted octanol–water partition coefficient (Wildman–Crippen LogP) is 4.62. The zero-order valence-electron chi connectivity index (χ0n) is 10.2. The number of halogens is 4. The van der Waals surface area contributed by atoms with Crippen molar-refractivity contribution in [3.63, 3.8) is 0 Å². The van der Waals surface area contributed by atoms with Crippen LogP contribution in [0.2, 0.25) is 5.02 Å². The molecule has 2 aromatic carbocycles. The monoisotopic (exact) mass is 360 g/mol. The Morgan fingerprint density at radius 2 is 1.95 bits per heavy atom. The largest absolute Gasteiger partial charge is 0.494 e. The first-order chi connectivity index (χ1) is 9.45. The molecule has 0 atom stereocenters. The van der Waals surface area contributed by atoms with Gasteiger partial charge < -0.3 is 4.74 Å². The van der Waals surface area contributed by atoms with Crippen LogP contribution < -0.4 is 4.74 Å². The van der Waals surface area contributed by atoms with Gasteiger partial charge in [0.15, 0.2) is 23.2 Å². The number of rotatable bonds is 3. The van der Waals surface area contributed by atoms with Crippen molar-refractivity contribution >= 4 is 33.3 Å². The van der Waals surface area contributed by atoms with Crippen molar-refractivity contribution in [2.45, 2.75) is 0 Å². The van der Waals surface area contributed by atoms with Gasteiger partial charge in [-0.3, -0.25) is 4.79 Å². The minimum absolute atomic E-state index is 0.0101. The van der Waals surface area contributed by atoms with E-state index in [4.69, 9.17) is 16.3 Å². The van der Waals surface area contributed by atoms with Crippen LogP contribution in [0.4, 0.5) is 8.78 Å². The molecular formula is C14H8BrClF2O2. The molecule has 0 bridgehead atoms. The fourth-order valence-electron chi connectivity index (χ4n) is 1.66. The number of ether oxygens (including phenoxy) is 1. The number of benzene rings is 2. The highest BCUT2D eigenvalue weighted by Crippen LogP contribution is 2.29. The molecule has 104 valence electrons. The van der Waals surface area contributed by atoms with Crippen molar-refractivity contribution in [1.29, 1.82) is 0 Å². The highest BCUT2D eigenvalue weighted by Gasteiger charge is 2.19. The van der Waals surface area contributed by atoms with E-state index in [2.05, 4.69) is 15.9 Å². The van der Waals surface area contributed by atoms with E-state index in [0.717, 1.165) is 6.07 Å². The molecule has 2 rings (SSSR count). The van der Waals surface area contributed by atoms with Gasteiger partial charge in [-0.15, -0.1) is 0 Å². The highest BCUT2D eigenvalue weighted by atomic mass is 79.9. The van der Waals surface area contributed by atoms with Gasteiger partial charge in [-0.1, -0.05) is 11.6 Å². The average Bonchev–Trinajstić information content (AvgIpc) is 2.44. The van der Waals surface area contributed by atoms with Crippen LogP contribution in [0, 0.1) is 11.6 Å². The first-order valence-corrected chi connectivity index (χ1v) is 6.64. The molecule has 0 saturated carbocycles. The van der Waals surface area contributed by atoms with Gasteiger partial charge >= 0.3 is 0 Å². The van der Waals surface area contributed by atoms with Crippen LogP contribution in [-0.2, 0) is 0 Å². The van der Waals surface area contributed by atoms with Crippen molar-refractivity contribution in [2.24, 2.45) is 0 Å². The summed E-state index contributed by atoms with van der Waals surface area (Å²) in [7, 11) is 1.31. The minimum atomic E-state index is -0.845. The van der Waals surface area contributed by atoms with Crippen molar-refractivity contribution in [3.8, 4) is 5.75 Å². The molecule has 0 radical (unpaired) electrons. The number of carbonyl (C=O) groups is 1. The van der Waals surface area contributed by atoms with Crippen molar-refractivity contribution in [2.75, 3.05) is 7.11 Å². The summed E-state index contributed by atoms with van der Waals surface area (Å²) in [5.41, 5.74) is -0.205. The average molecular weight is 362 g/mol. The standard InChI is InChI=1S/C14H8BrClF2O2/c1-20-11-5-2-7(6-10(11)17)14(19)8-3-4-9(15)12(16)13(8)18/h2-6H,1H3. The smallest absolute Gasteiger partial charge is 0.196 e. The molecule has 0 aromatic heterocycles. The normalized spacial score (nSPS) is 10.4. The maximum absolute atomic E-state index is 13.9. The van der Waals surface area contributed by atoms with Gasteiger partial charge in [0.2, 0.25) is 0 Å². The zero-order chi connectivity index (χ0) is 14.9. The quantitative estimate of drug-likeness (QED) is 0.589. The second-order valence-electron chi connectivity index (χ2n) is 3.90. The second kappa shape index (κ2) is 5.89. The summed E-state index contributed by atoms with van der Waals surface area (Å²) in [5.74, 6) is -2.18. The minimum Gasteiger partial charge on any atom is -0.494 e. The number of hydrogen-bond acceptors (Lipinski definition) is 2. The molecule has 0 fully saturated rings. The molecule has 0 unspecified atom stereocenters. The summed E-state index contributed by atoms with van der Waals surface area (Å²) in [6.45, 7) is 0. The molecule has 2 nitrogen and oxygen atoms in total. The second-order valence-corrected chi connectivity index (χ2v) is 5.13. The molecule has 0 heterocycles. The molecule has 6 heteroatoms. The van der Waals surface area contributed by atoms with Crippen molar-refractivity contribution in [1.82, 2.24) is 0 Å². The summed E-state index contributed by atoms with van der Waals surface area (Å²) >= 11 is 8.78. The van der Waals surface area contributed by atoms with E-state index in [0.29, 0.717) is 4.47 Å². The van der Waals surface area contributed by atoms with Gasteiger partial charge in [-0.25, -0.2) is 8.78 Å². The van der Waals surface area contributed by atoms with Gasteiger partial charge in [0.25, 0.3) is 0 Å². The third-order valence-corrected chi connectivity index (χ3v) is 3.95. The molecule has 0 aliphatic heterocycles. The lowest BCUT2D eigenvalue weighted by Gasteiger charge is -2.07. The number of hydrogen-bond donors (Lipinski definition) is 0. The van der Waals surface area contributed by atoms with Crippen LogP contribution in [0.1, 0.15) is 15.9 Å². The maximum Gasteiger partial charge on any atom is 0.196 e. The fourth-order valence-corrected chi connectivity index (χ4v) is 2.14. The Kier molecular flexibility index (Phi) is 4.40. The first-order valence-electron chi connectivity index (χ1n) is 5.47. The molecule has 20 heavy (non-hydrogen) atoms. The summed E-state index contributed by atoms with van der Waals surface area (Å²) in [6.07, 6.45) is 0. The maximum atomic E-state index is 13.9. The lowest BCUT2D eigenvalue weighted by atomic mass is 10.0. The van der Waals surface area contributed by atoms with E-state index >= 15 is 0 Å². The van der Waals surface area contributed by atoms with E-state index in [-0.39, 0.29) is 21.9 Å². The Balaban J connectivity index is 2.47. The Morgan fingerprint density at radius 3 is 2.55 bits per heavy atom. The molecule has 2 aromatic rings. The molecule has 0 spiro atoms. The number of methoxy groups -OCH3 is 1. The van der Waals surface area contributed by atoms with Gasteiger partial charge in [0, 0.05) is 10.0 Å². The van der Waals surface area contributed by atoms with Crippen LogP contribution in [0.25, 0.3) is 0 Å². The summed E-state index contributed by atoms with van der Waals surface area (Å²) in [4.78, 5) is 12.2. The Labute approximate surface area is 127 Å². The predicted molar refractivity (Wildman–Crippen MR) is 75.5 cm³/mol. The zero-order valence-corrected chi connectivity index (χ0v) is 12.6. The van der Waals surface area contributed by atoms with Gasteiger partial charge in [-0.2, -0.15) is 0 Å². The van der Waals surface area contributed by atoms with E-state index < -0.39 is 17.4 Å². The van der Waals surface area contributed by atoms with Crippen LogP contribution in [0.15, 0.2) is 34.8 Å². The van der Waals surface area contributed by atoms with E-state index in [1.165, 1.54) is 31.4 Å². The fraction of sp³-hybridized carbons (Fsp3) is 0.0714. The van der Waals surface area contributed by atoms with Crippen molar-refractivity contribution < 1.29 is 18.3 Å². The molecule has 0 N–H and O–H groups in total. The Bertz CT molecular complexity index is 689. The van der Waals surface area contributed by atoms with E-state index in [1.54, 1.807) is 0 Å². The van der Waals surface area contributed by atoms with Crippen LogP contribution in [-0.4, -0.2) is 12.9 Å². The van der Waals surface area contributed by atoms with Crippen LogP contribution in [0.5, 0.6) is 5.75 Å². The van der Waals surface area contributed by atoms with Crippen LogP contribution >= 0.6 is 27.5 Å². The molecular weight excluding hydrogens is 354 g/mol. The third kappa shape index (κ3) is 2.69. The van der Waals surface area contributed by atoms with Crippen molar-refractivity contribution in [3.05, 3.63) is 62.6 Å². The number of ketones is 1. The molecule has 0 aliphatic rings. The molecule has 0 saturated heterocycles. The summed E-state index contributed by atoms with van der Waals surface area (Å²) in [6, 6.07) is 6.41. The third-order valence-electron chi connectivity index (χ3n) is 2.69. The van der Waals surface area contributed by atoms with Gasteiger partial charge in [-0.05, 0) is 46.3 Å². The number of carbonyl (C=O) groups excluding carboxylic acids is 1. The lowest BCUT2D eigenvalue weighted by molar-refractivity contribution is 0.103. The lowest BCUT2D eigenvalue weighted by Crippen LogP contribution is -2.05. The SMILES string of the molecule is COc1ccc(C(=O)c2ccc(Br)c(Cl)c2F)cc1F. The first kappa shape index (κ1) is 14.9. The molecule has 0 amide bonds. The van der Waals surface area contributed by atoms with E-state index in [1.807, 2.05) is 0 Å². The Morgan fingerprint density at radius 1 is 1.25 bits per heavy atom. The van der Waals surface area contributed by atoms with E-state index in [9.17, 15) is 13.6 Å². The summed E-state index contributed by atoms with van der Waals surface area (Å²) in [5, 5.41) is -0.190. The van der Waals surface area contributed by atoms with Gasteiger partial charge in [0.1, 0.15) is 0 Å². The van der Waals surface area contributed by atoms with Gasteiger partial charge in [0.05, 0.1) is 17.7 Å². The topological polar surface area (TPSA) is 26.3 Å².